The molecule has 0 bridgehead atoms. The third-order valence-electron chi connectivity index (χ3n) is 1.77. The molecule has 1 fully saturated rings. The van der Waals surface area contributed by atoms with Crippen LogP contribution in [0.2, 0.25) is 0 Å². The van der Waals surface area contributed by atoms with Gasteiger partial charge in [-0.2, -0.15) is 0 Å². The summed E-state index contributed by atoms with van der Waals surface area (Å²) in [5, 5.41) is 8.65. The third-order valence-corrected chi connectivity index (χ3v) is 1.77. The molecule has 0 aromatic rings. The summed E-state index contributed by atoms with van der Waals surface area (Å²) in [7, 11) is 0. The first-order valence-corrected chi connectivity index (χ1v) is 3.55. The van der Waals surface area contributed by atoms with E-state index in [4.69, 9.17) is 9.84 Å². The molecule has 9 heavy (non-hydrogen) atoms. The molecule has 0 saturated carbocycles. The van der Waals surface area contributed by atoms with E-state index in [0.29, 0.717) is 18.6 Å². The molecule has 1 N–H and O–H groups in total. The smallest absolute Gasteiger partial charge is 0.0600 e. The minimum Gasteiger partial charge on any atom is -0.396 e. The maximum atomic E-state index is 8.65. The minimum atomic E-state index is 0.292. The van der Waals surface area contributed by atoms with Crippen LogP contribution in [0, 0.1) is 5.92 Å². The SMILES string of the molecule is C[C@@H](CO)CC1CCO1. The molecule has 2 heteroatoms. The number of aliphatic hydroxyl groups is 1. The lowest BCUT2D eigenvalue weighted by molar-refractivity contribution is -0.0646. The molecule has 1 unspecified atom stereocenters. The van der Waals surface area contributed by atoms with Crippen LogP contribution in [0.3, 0.4) is 0 Å². The highest BCUT2D eigenvalue weighted by molar-refractivity contribution is 4.68. The molecule has 1 aliphatic rings. The van der Waals surface area contributed by atoms with Crippen LogP contribution >= 0.6 is 0 Å². The van der Waals surface area contributed by atoms with Crippen molar-refractivity contribution >= 4 is 0 Å². The lowest BCUT2D eigenvalue weighted by Gasteiger charge is -2.28. The molecule has 0 radical (unpaired) electrons. The Bertz CT molecular complexity index is 76.2. The van der Waals surface area contributed by atoms with Gasteiger partial charge in [0.15, 0.2) is 0 Å². The van der Waals surface area contributed by atoms with Gasteiger partial charge >= 0.3 is 0 Å². The van der Waals surface area contributed by atoms with Crippen LogP contribution in [0.25, 0.3) is 0 Å². The molecule has 1 heterocycles. The largest absolute Gasteiger partial charge is 0.396 e. The zero-order chi connectivity index (χ0) is 6.69. The van der Waals surface area contributed by atoms with Crippen molar-refractivity contribution in [2.75, 3.05) is 13.2 Å². The summed E-state index contributed by atoms with van der Waals surface area (Å²) in [4.78, 5) is 0. The van der Waals surface area contributed by atoms with Crippen LogP contribution < -0.4 is 0 Å². The molecule has 1 rings (SSSR count). The summed E-state index contributed by atoms with van der Waals surface area (Å²) in [6, 6.07) is 0. The van der Waals surface area contributed by atoms with Crippen molar-refractivity contribution < 1.29 is 9.84 Å². The molecule has 0 aliphatic carbocycles. The predicted octanol–water partition coefficient (Wildman–Crippen LogP) is 0.794. The number of ether oxygens (including phenoxy) is 1. The molecule has 0 aromatic heterocycles. The number of rotatable bonds is 3. The Balaban J connectivity index is 2.01. The normalized spacial score (nSPS) is 29.3. The topological polar surface area (TPSA) is 29.5 Å². The van der Waals surface area contributed by atoms with E-state index in [1.807, 2.05) is 6.92 Å². The van der Waals surface area contributed by atoms with Crippen LogP contribution in [0.4, 0.5) is 0 Å². The van der Waals surface area contributed by atoms with Gasteiger partial charge in [-0.25, -0.2) is 0 Å². The number of hydrogen-bond acceptors (Lipinski definition) is 2. The van der Waals surface area contributed by atoms with E-state index in [1.165, 1.54) is 6.42 Å². The predicted molar refractivity (Wildman–Crippen MR) is 35.2 cm³/mol. The highest BCUT2D eigenvalue weighted by atomic mass is 16.5. The molecule has 1 aliphatic heterocycles. The molecular formula is C7H14O2. The summed E-state index contributed by atoms with van der Waals surface area (Å²) < 4.78 is 5.19. The van der Waals surface area contributed by atoms with Gasteiger partial charge in [-0.05, 0) is 18.8 Å². The van der Waals surface area contributed by atoms with Crippen molar-refractivity contribution in [3.05, 3.63) is 0 Å². The van der Waals surface area contributed by atoms with E-state index < -0.39 is 0 Å². The van der Waals surface area contributed by atoms with Crippen LogP contribution in [0.1, 0.15) is 19.8 Å². The summed E-state index contributed by atoms with van der Waals surface area (Å²) in [6.45, 7) is 3.25. The fraction of sp³-hybridized carbons (Fsp3) is 1.00. The molecule has 2 nitrogen and oxygen atoms in total. The van der Waals surface area contributed by atoms with Gasteiger partial charge in [0.1, 0.15) is 0 Å². The van der Waals surface area contributed by atoms with Crippen LogP contribution in [-0.2, 0) is 4.74 Å². The average Bonchev–Trinajstić information content (AvgIpc) is 1.78. The van der Waals surface area contributed by atoms with Gasteiger partial charge < -0.3 is 9.84 Å². The lowest BCUT2D eigenvalue weighted by atomic mass is 10.0. The molecular weight excluding hydrogens is 116 g/mol. The third kappa shape index (κ3) is 1.95. The fourth-order valence-corrected chi connectivity index (χ4v) is 0.994. The van der Waals surface area contributed by atoms with Crippen LogP contribution in [0.5, 0.6) is 0 Å². The highest BCUT2D eigenvalue weighted by Crippen LogP contribution is 2.18. The zero-order valence-corrected chi connectivity index (χ0v) is 5.84. The molecule has 2 atom stereocenters. The van der Waals surface area contributed by atoms with Gasteiger partial charge in [0.2, 0.25) is 0 Å². The standard InChI is InChI=1S/C7H14O2/c1-6(5-8)4-7-2-3-9-7/h6-8H,2-5H2,1H3/t6-,7?/m1/s1. The summed E-state index contributed by atoms with van der Waals surface area (Å²) in [5.74, 6) is 0.412. The first kappa shape index (κ1) is 7.03. The minimum absolute atomic E-state index is 0.292. The Kier molecular flexibility index (Phi) is 2.49. The summed E-state index contributed by atoms with van der Waals surface area (Å²) in [5.41, 5.74) is 0. The Morgan fingerprint density at radius 1 is 1.78 bits per heavy atom. The monoisotopic (exact) mass is 130 g/mol. The quantitative estimate of drug-likeness (QED) is 0.612. The Morgan fingerprint density at radius 2 is 2.44 bits per heavy atom. The first-order valence-electron chi connectivity index (χ1n) is 3.55. The van der Waals surface area contributed by atoms with Crippen LogP contribution in [-0.4, -0.2) is 24.4 Å². The van der Waals surface area contributed by atoms with Gasteiger partial charge in [-0.1, -0.05) is 6.92 Å². The highest BCUT2D eigenvalue weighted by Gasteiger charge is 2.19. The molecule has 54 valence electrons. The summed E-state index contributed by atoms with van der Waals surface area (Å²) >= 11 is 0. The van der Waals surface area contributed by atoms with Crippen molar-refractivity contribution in [3.8, 4) is 0 Å². The number of aliphatic hydroxyl groups excluding tert-OH is 1. The van der Waals surface area contributed by atoms with Gasteiger partial charge in [0.25, 0.3) is 0 Å². The zero-order valence-electron chi connectivity index (χ0n) is 5.84. The van der Waals surface area contributed by atoms with Crippen molar-refractivity contribution in [3.63, 3.8) is 0 Å². The number of hydrogen-bond donors (Lipinski definition) is 1. The van der Waals surface area contributed by atoms with Crippen molar-refractivity contribution in [2.45, 2.75) is 25.9 Å². The molecule has 0 aromatic carbocycles. The summed E-state index contributed by atoms with van der Waals surface area (Å²) in [6.07, 6.45) is 2.66. The van der Waals surface area contributed by atoms with Gasteiger partial charge in [0.05, 0.1) is 6.10 Å². The van der Waals surface area contributed by atoms with Gasteiger partial charge in [-0.3, -0.25) is 0 Å². The van der Waals surface area contributed by atoms with E-state index in [-0.39, 0.29) is 0 Å². The van der Waals surface area contributed by atoms with Crippen molar-refractivity contribution in [1.82, 2.24) is 0 Å². The van der Waals surface area contributed by atoms with Gasteiger partial charge in [-0.15, -0.1) is 0 Å². The Hall–Kier alpha value is -0.0800. The van der Waals surface area contributed by atoms with E-state index in [0.717, 1.165) is 13.0 Å². The Labute approximate surface area is 55.8 Å². The molecule has 0 spiro atoms. The maximum Gasteiger partial charge on any atom is 0.0600 e. The molecule has 1 saturated heterocycles. The van der Waals surface area contributed by atoms with E-state index >= 15 is 0 Å². The Morgan fingerprint density at radius 3 is 2.78 bits per heavy atom. The fourth-order valence-electron chi connectivity index (χ4n) is 0.994. The average molecular weight is 130 g/mol. The van der Waals surface area contributed by atoms with Crippen molar-refractivity contribution in [2.24, 2.45) is 5.92 Å². The second-order valence-corrected chi connectivity index (χ2v) is 2.80. The van der Waals surface area contributed by atoms with E-state index in [1.54, 1.807) is 0 Å². The van der Waals surface area contributed by atoms with Crippen LogP contribution in [0.15, 0.2) is 0 Å². The molecule has 0 amide bonds. The second kappa shape index (κ2) is 3.18. The van der Waals surface area contributed by atoms with E-state index in [9.17, 15) is 0 Å². The second-order valence-electron chi connectivity index (χ2n) is 2.80. The van der Waals surface area contributed by atoms with Gasteiger partial charge in [0, 0.05) is 13.2 Å². The lowest BCUT2D eigenvalue weighted by Crippen LogP contribution is -2.29. The van der Waals surface area contributed by atoms with E-state index in [2.05, 4.69) is 0 Å². The first-order chi connectivity index (χ1) is 4.33. The van der Waals surface area contributed by atoms with Crippen molar-refractivity contribution in [1.29, 1.82) is 0 Å². The maximum absolute atomic E-state index is 8.65.